The van der Waals surface area contributed by atoms with Crippen molar-refractivity contribution in [3.8, 4) is 5.75 Å². The zero-order chi connectivity index (χ0) is 20.4. The number of nitrogens with zero attached hydrogens (tertiary/aromatic N) is 1. The largest absolute Gasteiger partial charge is 0.494 e. The maximum absolute atomic E-state index is 13.1. The summed E-state index contributed by atoms with van der Waals surface area (Å²) in [4.78, 5) is 27.5. The van der Waals surface area contributed by atoms with Crippen LogP contribution in [-0.4, -0.2) is 29.4 Å². The summed E-state index contributed by atoms with van der Waals surface area (Å²) in [5, 5.41) is 3.18. The molecule has 0 radical (unpaired) electrons. The molecule has 0 aromatic heterocycles. The average Bonchev–Trinajstić information content (AvgIpc) is 2.86. The first-order valence-electron chi connectivity index (χ1n) is 9.53. The molecule has 3 rings (SSSR count). The molecule has 1 N–H and O–H groups in total. The van der Waals surface area contributed by atoms with E-state index in [-0.39, 0.29) is 17.9 Å². The zero-order valence-electron chi connectivity index (χ0n) is 17.0. The Morgan fingerprint density at radius 2 is 1.79 bits per heavy atom. The molecule has 1 heterocycles. The first-order valence-corrected chi connectivity index (χ1v) is 9.53. The molecule has 1 aliphatic heterocycles. The van der Waals surface area contributed by atoms with E-state index in [1.165, 1.54) is 4.90 Å². The van der Waals surface area contributed by atoms with Crippen molar-refractivity contribution in [1.82, 2.24) is 4.90 Å². The Hall–Kier alpha value is -3.08. The van der Waals surface area contributed by atoms with E-state index in [0.29, 0.717) is 29.3 Å². The highest BCUT2D eigenvalue weighted by atomic mass is 16.5. The SMILES string of the molecule is CCOc1cccc(NC2=C(c3ccc(C)cc3C)C(=O)N(C(C)C)C2=O)c1. The van der Waals surface area contributed by atoms with Crippen molar-refractivity contribution in [2.75, 3.05) is 11.9 Å². The number of carbonyl (C=O) groups excluding carboxylic acids is 2. The van der Waals surface area contributed by atoms with Gasteiger partial charge >= 0.3 is 0 Å². The van der Waals surface area contributed by atoms with Gasteiger partial charge < -0.3 is 10.1 Å². The minimum atomic E-state index is -0.309. The lowest BCUT2D eigenvalue weighted by molar-refractivity contribution is -0.138. The third-order valence-corrected chi connectivity index (χ3v) is 4.70. The van der Waals surface area contributed by atoms with Gasteiger partial charge in [-0.3, -0.25) is 14.5 Å². The summed E-state index contributed by atoms with van der Waals surface area (Å²) in [7, 11) is 0. The molecule has 2 aromatic rings. The molecule has 28 heavy (non-hydrogen) atoms. The Morgan fingerprint density at radius 3 is 2.43 bits per heavy atom. The molecule has 2 aromatic carbocycles. The molecule has 0 unspecified atom stereocenters. The van der Waals surface area contributed by atoms with Crippen LogP contribution in [0.3, 0.4) is 0 Å². The van der Waals surface area contributed by atoms with Crippen LogP contribution in [0.1, 0.15) is 37.5 Å². The summed E-state index contributed by atoms with van der Waals surface area (Å²) >= 11 is 0. The fourth-order valence-corrected chi connectivity index (χ4v) is 3.45. The van der Waals surface area contributed by atoms with E-state index in [2.05, 4.69) is 5.32 Å². The molecular weight excluding hydrogens is 352 g/mol. The Bertz CT molecular complexity index is 960. The van der Waals surface area contributed by atoms with Crippen LogP contribution in [0.2, 0.25) is 0 Å². The van der Waals surface area contributed by atoms with Crippen molar-refractivity contribution in [1.29, 1.82) is 0 Å². The van der Waals surface area contributed by atoms with Gasteiger partial charge in [0.15, 0.2) is 0 Å². The van der Waals surface area contributed by atoms with Crippen LogP contribution >= 0.6 is 0 Å². The summed E-state index contributed by atoms with van der Waals surface area (Å²) in [5.74, 6) is 0.130. The van der Waals surface area contributed by atoms with E-state index in [1.54, 1.807) is 0 Å². The average molecular weight is 378 g/mol. The minimum Gasteiger partial charge on any atom is -0.494 e. The van der Waals surface area contributed by atoms with Gasteiger partial charge in [0.1, 0.15) is 11.4 Å². The van der Waals surface area contributed by atoms with Crippen LogP contribution < -0.4 is 10.1 Å². The summed E-state index contributed by atoms with van der Waals surface area (Å²) < 4.78 is 5.54. The summed E-state index contributed by atoms with van der Waals surface area (Å²) in [6.45, 7) is 10.1. The van der Waals surface area contributed by atoms with Crippen molar-refractivity contribution < 1.29 is 14.3 Å². The zero-order valence-corrected chi connectivity index (χ0v) is 17.0. The van der Waals surface area contributed by atoms with Gasteiger partial charge in [-0.05, 0) is 57.9 Å². The van der Waals surface area contributed by atoms with E-state index < -0.39 is 0 Å². The molecule has 0 spiro atoms. The molecule has 0 fully saturated rings. The van der Waals surface area contributed by atoms with Crippen LogP contribution in [0.25, 0.3) is 5.57 Å². The Morgan fingerprint density at radius 1 is 1.04 bits per heavy atom. The number of imide groups is 1. The van der Waals surface area contributed by atoms with Gasteiger partial charge in [0.2, 0.25) is 0 Å². The van der Waals surface area contributed by atoms with Crippen molar-refractivity contribution >= 4 is 23.1 Å². The van der Waals surface area contributed by atoms with Crippen LogP contribution in [0.15, 0.2) is 48.2 Å². The standard InChI is InChI=1S/C23H26N2O3/c1-6-28-18-9-7-8-17(13-18)24-21-20(19-11-10-15(4)12-16(19)5)22(26)25(14(2)3)23(21)27/h7-14,24H,6H2,1-5H3. The van der Waals surface area contributed by atoms with Gasteiger partial charge in [0, 0.05) is 17.8 Å². The van der Waals surface area contributed by atoms with Crippen molar-refractivity contribution in [3.63, 3.8) is 0 Å². The number of aryl methyl sites for hydroxylation is 2. The first kappa shape index (κ1) is 19.7. The monoisotopic (exact) mass is 378 g/mol. The fourth-order valence-electron chi connectivity index (χ4n) is 3.45. The van der Waals surface area contributed by atoms with Crippen molar-refractivity contribution in [2.45, 2.75) is 40.7 Å². The highest BCUT2D eigenvalue weighted by Gasteiger charge is 2.41. The number of rotatable bonds is 6. The van der Waals surface area contributed by atoms with Gasteiger partial charge in [-0.15, -0.1) is 0 Å². The van der Waals surface area contributed by atoms with Gasteiger partial charge in [0.25, 0.3) is 11.8 Å². The summed E-state index contributed by atoms with van der Waals surface area (Å²) in [6, 6.07) is 13.0. The minimum absolute atomic E-state index is 0.227. The van der Waals surface area contributed by atoms with Crippen molar-refractivity contribution in [3.05, 3.63) is 64.9 Å². The molecular formula is C23H26N2O3. The number of benzene rings is 2. The highest BCUT2D eigenvalue weighted by molar-refractivity contribution is 6.36. The van der Waals surface area contributed by atoms with E-state index >= 15 is 0 Å². The molecule has 0 saturated carbocycles. The Kier molecular flexibility index (Phi) is 5.54. The second kappa shape index (κ2) is 7.89. The molecule has 0 bridgehead atoms. The van der Waals surface area contributed by atoms with E-state index in [9.17, 15) is 9.59 Å². The van der Waals surface area contributed by atoms with Crippen molar-refractivity contribution in [2.24, 2.45) is 0 Å². The number of amides is 2. The number of ether oxygens (including phenoxy) is 1. The maximum atomic E-state index is 13.1. The van der Waals surface area contributed by atoms with Gasteiger partial charge in [-0.2, -0.15) is 0 Å². The number of hydrogen-bond donors (Lipinski definition) is 1. The number of nitrogens with one attached hydrogen (secondary N) is 1. The molecule has 0 saturated heterocycles. The molecule has 1 aliphatic rings. The predicted molar refractivity (Wildman–Crippen MR) is 111 cm³/mol. The van der Waals surface area contributed by atoms with E-state index in [4.69, 9.17) is 4.74 Å². The lowest BCUT2D eigenvalue weighted by atomic mass is 9.97. The number of anilines is 1. The second-order valence-corrected chi connectivity index (χ2v) is 7.23. The molecule has 146 valence electrons. The lowest BCUT2D eigenvalue weighted by Gasteiger charge is -2.19. The lowest BCUT2D eigenvalue weighted by Crippen LogP contribution is -2.38. The molecule has 5 heteroatoms. The normalized spacial score (nSPS) is 14.3. The van der Waals surface area contributed by atoms with Crippen LogP contribution in [0.4, 0.5) is 5.69 Å². The summed E-state index contributed by atoms with van der Waals surface area (Å²) in [6.07, 6.45) is 0. The van der Waals surface area contributed by atoms with Gasteiger partial charge in [-0.1, -0.05) is 29.8 Å². The quantitative estimate of drug-likeness (QED) is 0.762. The Labute approximate surface area is 166 Å². The van der Waals surface area contributed by atoms with Gasteiger partial charge in [-0.25, -0.2) is 0 Å². The van der Waals surface area contributed by atoms with Crippen LogP contribution in [-0.2, 0) is 9.59 Å². The molecule has 0 aliphatic carbocycles. The molecule has 2 amide bonds. The molecule has 0 atom stereocenters. The summed E-state index contributed by atoms with van der Waals surface area (Å²) in [5.41, 5.74) is 4.27. The third-order valence-electron chi connectivity index (χ3n) is 4.70. The molecule has 5 nitrogen and oxygen atoms in total. The van der Waals surface area contributed by atoms with Gasteiger partial charge in [0.05, 0.1) is 12.2 Å². The van der Waals surface area contributed by atoms with E-state index in [1.807, 2.05) is 77.1 Å². The predicted octanol–water partition coefficient (Wildman–Crippen LogP) is 4.30. The fraction of sp³-hybridized carbons (Fsp3) is 0.304. The first-order chi connectivity index (χ1) is 13.3. The smallest absolute Gasteiger partial charge is 0.278 e. The second-order valence-electron chi connectivity index (χ2n) is 7.23. The topological polar surface area (TPSA) is 58.6 Å². The number of carbonyl (C=O) groups is 2. The highest BCUT2D eigenvalue weighted by Crippen LogP contribution is 2.34. The van der Waals surface area contributed by atoms with Crippen LogP contribution in [0.5, 0.6) is 5.75 Å². The Balaban J connectivity index is 2.10. The number of hydrogen-bond acceptors (Lipinski definition) is 4. The van der Waals surface area contributed by atoms with Crippen LogP contribution in [0, 0.1) is 13.8 Å². The maximum Gasteiger partial charge on any atom is 0.278 e. The van der Waals surface area contributed by atoms with E-state index in [0.717, 1.165) is 16.7 Å². The third kappa shape index (κ3) is 3.65.